The lowest BCUT2D eigenvalue weighted by atomic mass is 10.1. The van der Waals surface area contributed by atoms with Gasteiger partial charge in [-0.2, -0.15) is 0 Å². The molecule has 19 heavy (non-hydrogen) atoms. The highest BCUT2D eigenvalue weighted by Crippen LogP contribution is 2.11. The number of phenols is 1. The summed E-state index contributed by atoms with van der Waals surface area (Å²) in [5.41, 5.74) is 0.959. The zero-order valence-electron chi connectivity index (χ0n) is 12.0. The van der Waals surface area contributed by atoms with E-state index in [0.29, 0.717) is 6.54 Å². The van der Waals surface area contributed by atoms with Crippen LogP contribution in [0.1, 0.15) is 33.3 Å². The van der Waals surface area contributed by atoms with Gasteiger partial charge in [-0.05, 0) is 45.4 Å². The normalized spacial score (nSPS) is 11.7. The molecule has 0 heterocycles. The van der Waals surface area contributed by atoms with Crippen molar-refractivity contribution in [3.05, 3.63) is 29.8 Å². The number of halogens is 1. The zero-order chi connectivity index (χ0) is 13.6. The van der Waals surface area contributed by atoms with Crippen LogP contribution in [0.2, 0.25) is 0 Å². The Hall–Kier alpha value is -0.980. The molecule has 0 atom stereocenters. The molecule has 0 saturated carbocycles. The first-order valence-corrected chi connectivity index (χ1v) is 6.25. The molecule has 0 aliphatic heterocycles. The first-order chi connectivity index (χ1) is 8.40. The summed E-state index contributed by atoms with van der Waals surface area (Å²) in [6, 6.07) is 7.16. The fourth-order valence-electron chi connectivity index (χ4n) is 1.49. The van der Waals surface area contributed by atoms with E-state index in [1.807, 2.05) is 19.1 Å². The minimum Gasteiger partial charge on any atom is -0.508 e. The third-order valence-corrected chi connectivity index (χ3v) is 2.17. The van der Waals surface area contributed by atoms with Gasteiger partial charge in [0.15, 0.2) is 5.96 Å². The van der Waals surface area contributed by atoms with Crippen LogP contribution in [-0.2, 0) is 6.54 Å². The number of hydrogen-bond acceptors (Lipinski definition) is 2. The van der Waals surface area contributed by atoms with Crippen molar-refractivity contribution < 1.29 is 5.11 Å². The molecule has 0 bridgehead atoms. The van der Waals surface area contributed by atoms with E-state index in [2.05, 4.69) is 36.4 Å². The van der Waals surface area contributed by atoms with E-state index in [4.69, 9.17) is 0 Å². The summed E-state index contributed by atoms with van der Waals surface area (Å²) < 4.78 is 0. The second-order valence-corrected chi connectivity index (χ2v) is 5.24. The van der Waals surface area contributed by atoms with Crippen molar-refractivity contribution in [1.82, 2.24) is 10.6 Å². The van der Waals surface area contributed by atoms with Gasteiger partial charge in [0.05, 0.1) is 6.54 Å². The van der Waals surface area contributed by atoms with E-state index in [9.17, 15) is 5.11 Å². The quantitative estimate of drug-likeness (QED) is 0.431. The molecule has 5 heteroatoms. The lowest BCUT2D eigenvalue weighted by molar-refractivity contribution is 0.474. The van der Waals surface area contributed by atoms with E-state index in [0.717, 1.165) is 18.1 Å². The smallest absolute Gasteiger partial charge is 0.191 e. The molecule has 1 rings (SSSR count). The van der Waals surface area contributed by atoms with Crippen LogP contribution in [-0.4, -0.2) is 23.1 Å². The lowest BCUT2D eigenvalue weighted by Crippen LogP contribution is -2.47. The Kier molecular flexibility index (Phi) is 7.82. The number of nitrogens with zero attached hydrogens (tertiary/aromatic N) is 1. The first kappa shape index (κ1) is 18.0. The highest BCUT2D eigenvalue weighted by molar-refractivity contribution is 14.0. The van der Waals surface area contributed by atoms with Crippen LogP contribution in [0.25, 0.3) is 0 Å². The predicted molar refractivity (Wildman–Crippen MR) is 91.2 cm³/mol. The molecule has 1 aromatic carbocycles. The minimum atomic E-state index is -0.0279. The van der Waals surface area contributed by atoms with Crippen molar-refractivity contribution in [3.8, 4) is 5.75 Å². The molecule has 0 spiro atoms. The average Bonchev–Trinajstić information content (AvgIpc) is 2.24. The van der Waals surface area contributed by atoms with Gasteiger partial charge in [0, 0.05) is 12.1 Å². The number of guanidine groups is 1. The third kappa shape index (κ3) is 7.92. The summed E-state index contributed by atoms with van der Waals surface area (Å²) >= 11 is 0. The van der Waals surface area contributed by atoms with Gasteiger partial charge in [-0.15, -0.1) is 24.0 Å². The Balaban J connectivity index is 0.00000324. The van der Waals surface area contributed by atoms with Gasteiger partial charge >= 0.3 is 0 Å². The number of hydrogen-bond donors (Lipinski definition) is 3. The molecule has 1 aromatic rings. The Bertz CT molecular complexity index is 413. The molecule has 0 saturated heterocycles. The number of phenolic OH excluding ortho intramolecular Hbond substituents is 1. The van der Waals surface area contributed by atoms with Gasteiger partial charge in [0.25, 0.3) is 0 Å². The van der Waals surface area contributed by atoms with Gasteiger partial charge < -0.3 is 15.7 Å². The molecule has 3 N–H and O–H groups in total. The molecule has 0 unspecified atom stereocenters. The Labute approximate surface area is 132 Å². The summed E-state index contributed by atoms with van der Waals surface area (Å²) in [4.78, 5) is 4.49. The third-order valence-electron chi connectivity index (χ3n) is 2.17. The van der Waals surface area contributed by atoms with Crippen LogP contribution < -0.4 is 10.6 Å². The second kappa shape index (κ2) is 8.24. The summed E-state index contributed by atoms with van der Waals surface area (Å²) in [7, 11) is 0. The number of rotatable bonds is 3. The lowest BCUT2D eigenvalue weighted by Gasteiger charge is -2.23. The SMILES string of the molecule is CCNC(=NCc1cccc(O)c1)NC(C)(C)C.I. The zero-order valence-corrected chi connectivity index (χ0v) is 14.4. The van der Waals surface area contributed by atoms with Crippen LogP contribution >= 0.6 is 24.0 Å². The van der Waals surface area contributed by atoms with Gasteiger partial charge in [0.2, 0.25) is 0 Å². The fourth-order valence-corrected chi connectivity index (χ4v) is 1.49. The van der Waals surface area contributed by atoms with E-state index in [1.54, 1.807) is 12.1 Å². The van der Waals surface area contributed by atoms with Crippen LogP contribution in [0.5, 0.6) is 5.75 Å². The highest BCUT2D eigenvalue weighted by atomic mass is 127. The molecule has 0 aliphatic rings. The standard InChI is InChI=1S/C14H23N3O.HI/c1-5-15-13(17-14(2,3)4)16-10-11-7-6-8-12(18)9-11;/h6-9,18H,5,10H2,1-4H3,(H2,15,16,17);1H. The predicted octanol–water partition coefficient (Wildman–Crippen LogP) is 2.86. The first-order valence-electron chi connectivity index (χ1n) is 6.25. The van der Waals surface area contributed by atoms with Crippen molar-refractivity contribution in [2.75, 3.05) is 6.54 Å². The topological polar surface area (TPSA) is 56.7 Å². The number of aromatic hydroxyl groups is 1. The van der Waals surface area contributed by atoms with Crippen LogP contribution in [0.3, 0.4) is 0 Å². The number of aliphatic imine (C=N–C) groups is 1. The molecule has 0 amide bonds. The number of nitrogens with one attached hydrogen (secondary N) is 2. The molecule has 0 fully saturated rings. The maximum absolute atomic E-state index is 9.39. The molecular weight excluding hydrogens is 353 g/mol. The van der Waals surface area contributed by atoms with Crippen LogP contribution in [0.15, 0.2) is 29.3 Å². The van der Waals surface area contributed by atoms with Crippen LogP contribution in [0.4, 0.5) is 0 Å². The van der Waals surface area contributed by atoms with Gasteiger partial charge in [-0.1, -0.05) is 12.1 Å². The minimum absolute atomic E-state index is 0. The number of benzene rings is 1. The monoisotopic (exact) mass is 377 g/mol. The Morgan fingerprint density at radius 3 is 2.53 bits per heavy atom. The summed E-state index contributed by atoms with van der Waals surface area (Å²) in [5.74, 6) is 1.06. The van der Waals surface area contributed by atoms with Crippen LogP contribution in [0, 0.1) is 0 Å². The van der Waals surface area contributed by atoms with Crippen molar-refractivity contribution in [3.63, 3.8) is 0 Å². The maximum Gasteiger partial charge on any atom is 0.191 e. The molecule has 0 radical (unpaired) electrons. The summed E-state index contributed by atoms with van der Waals surface area (Å²) in [6.45, 7) is 9.67. The van der Waals surface area contributed by atoms with Crippen molar-refractivity contribution in [2.45, 2.75) is 39.8 Å². The fraction of sp³-hybridized carbons (Fsp3) is 0.500. The van der Waals surface area contributed by atoms with E-state index in [-0.39, 0.29) is 35.3 Å². The summed E-state index contributed by atoms with van der Waals surface area (Å²) in [6.07, 6.45) is 0. The van der Waals surface area contributed by atoms with Gasteiger partial charge in [-0.25, -0.2) is 4.99 Å². The summed E-state index contributed by atoms with van der Waals surface area (Å²) in [5, 5.41) is 15.9. The molecule has 0 aliphatic carbocycles. The van der Waals surface area contributed by atoms with Gasteiger partial charge in [-0.3, -0.25) is 0 Å². The van der Waals surface area contributed by atoms with E-state index < -0.39 is 0 Å². The van der Waals surface area contributed by atoms with Crippen molar-refractivity contribution in [1.29, 1.82) is 0 Å². The average molecular weight is 377 g/mol. The Morgan fingerprint density at radius 1 is 1.32 bits per heavy atom. The largest absolute Gasteiger partial charge is 0.508 e. The second-order valence-electron chi connectivity index (χ2n) is 5.24. The van der Waals surface area contributed by atoms with E-state index >= 15 is 0 Å². The maximum atomic E-state index is 9.39. The molecule has 4 nitrogen and oxygen atoms in total. The Morgan fingerprint density at radius 2 is 2.00 bits per heavy atom. The van der Waals surface area contributed by atoms with Crippen molar-refractivity contribution in [2.24, 2.45) is 4.99 Å². The molecule has 108 valence electrons. The molecule has 0 aromatic heterocycles. The van der Waals surface area contributed by atoms with E-state index in [1.165, 1.54) is 0 Å². The highest BCUT2D eigenvalue weighted by Gasteiger charge is 2.11. The van der Waals surface area contributed by atoms with Gasteiger partial charge in [0.1, 0.15) is 5.75 Å². The molecular formula is C14H24IN3O. The van der Waals surface area contributed by atoms with Crippen molar-refractivity contribution >= 4 is 29.9 Å².